The number of nitrogens with two attached hydrogens (primary N) is 1. The fraction of sp³-hybridized carbons (Fsp3) is 0.455. The molecule has 3 heterocycles. The number of rotatable bonds is 4. The van der Waals surface area contributed by atoms with E-state index < -0.39 is 5.60 Å². The average molecular weight is 411 g/mol. The van der Waals surface area contributed by atoms with Gasteiger partial charge in [-0.25, -0.2) is 9.97 Å². The van der Waals surface area contributed by atoms with Crippen LogP contribution in [-0.4, -0.2) is 37.1 Å². The molecule has 1 unspecified atom stereocenters. The highest BCUT2D eigenvalue weighted by Crippen LogP contribution is 2.45. The van der Waals surface area contributed by atoms with Crippen LogP contribution in [0.3, 0.4) is 0 Å². The van der Waals surface area contributed by atoms with Gasteiger partial charge in [0.2, 0.25) is 0 Å². The van der Waals surface area contributed by atoms with Crippen LogP contribution in [0.15, 0.2) is 41.6 Å². The summed E-state index contributed by atoms with van der Waals surface area (Å²) in [5, 5.41) is 10.2. The molecule has 1 aliphatic carbocycles. The molecule has 1 aromatic carbocycles. The van der Waals surface area contributed by atoms with E-state index in [1.54, 1.807) is 18.0 Å². The van der Waals surface area contributed by atoms with E-state index >= 15 is 0 Å². The lowest BCUT2D eigenvalue weighted by atomic mass is 9.72. The number of thioether (sulfide) groups is 1. The predicted molar refractivity (Wildman–Crippen MR) is 115 cm³/mol. The van der Waals surface area contributed by atoms with Crippen molar-refractivity contribution < 1.29 is 9.84 Å². The van der Waals surface area contributed by atoms with Gasteiger partial charge in [-0.15, -0.1) is 0 Å². The lowest BCUT2D eigenvalue weighted by Gasteiger charge is -2.40. The standard InChI is InChI=1S/C22H26N4O2S/c1-22(27)12-15(13-22)21-25-18(19-20(23)24-9-10-26(19)21)14-5-7-16(8-6-14)29-17-4-2-3-11-28-17/h5-10,15,17,27H,2-4,11-13H2,1H3,(H2,23,24)/t15-,17?,22+. The van der Waals surface area contributed by atoms with Gasteiger partial charge in [0, 0.05) is 35.4 Å². The van der Waals surface area contributed by atoms with Gasteiger partial charge in [-0.1, -0.05) is 23.9 Å². The first-order valence-corrected chi connectivity index (χ1v) is 11.1. The molecule has 0 radical (unpaired) electrons. The van der Waals surface area contributed by atoms with Crippen LogP contribution >= 0.6 is 11.8 Å². The third kappa shape index (κ3) is 3.63. The van der Waals surface area contributed by atoms with Crippen LogP contribution in [0.2, 0.25) is 0 Å². The number of aromatic nitrogens is 3. The van der Waals surface area contributed by atoms with Gasteiger partial charge < -0.3 is 15.6 Å². The highest BCUT2D eigenvalue weighted by Gasteiger charge is 2.41. The molecule has 5 rings (SSSR count). The van der Waals surface area contributed by atoms with Crippen LogP contribution in [0.4, 0.5) is 5.82 Å². The molecule has 1 atom stereocenters. The van der Waals surface area contributed by atoms with Crippen LogP contribution in [-0.2, 0) is 4.74 Å². The fourth-order valence-corrected chi connectivity index (χ4v) is 5.45. The largest absolute Gasteiger partial charge is 0.390 e. The van der Waals surface area contributed by atoms with Gasteiger partial charge in [-0.05, 0) is 51.2 Å². The Bertz CT molecular complexity index is 1020. The number of nitrogen functional groups attached to an aromatic ring is 1. The predicted octanol–water partition coefficient (Wildman–Crippen LogP) is 4.23. The molecule has 0 amide bonds. The highest BCUT2D eigenvalue weighted by atomic mass is 32.2. The molecule has 1 aliphatic heterocycles. The van der Waals surface area contributed by atoms with E-state index in [-0.39, 0.29) is 11.4 Å². The molecular weight excluding hydrogens is 384 g/mol. The van der Waals surface area contributed by atoms with Crippen molar-refractivity contribution in [3.05, 3.63) is 42.5 Å². The van der Waals surface area contributed by atoms with Crippen molar-refractivity contribution in [3.63, 3.8) is 0 Å². The number of fused-ring (bicyclic) bond motifs is 1. The summed E-state index contributed by atoms with van der Waals surface area (Å²) >= 11 is 1.79. The van der Waals surface area contributed by atoms with E-state index in [0.29, 0.717) is 18.7 Å². The Morgan fingerprint density at radius 3 is 2.72 bits per heavy atom. The number of hydrogen-bond acceptors (Lipinski definition) is 6. The van der Waals surface area contributed by atoms with Gasteiger partial charge in [0.1, 0.15) is 28.3 Å². The third-order valence-corrected chi connectivity index (χ3v) is 7.06. The molecule has 2 aliphatic rings. The molecule has 0 spiro atoms. The Morgan fingerprint density at radius 2 is 2.03 bits per heavy atom. The number of anilines is 1. The topological polar surface area (TPSA) is 85.7 Å². The monoisotopic (exact) mass is 410 g/mol. The molecular formula is C22H26N4O2S. The van der Waals surface area contributed by atoms with E-state index in [1.807, 2.05) is 17.5 Å². The zero-order valence-corrected chi connectivity index (χ0v) is 17.4. The lowest BCUT2D eigenvalue weighted by molar-refractivity contribution is -0.0335. The van der Waals surface area contributed by atoms with Crippen molar-refractivity contribution in [2.45, 2.75) is 60.9 Å². The third-order valence-electron chi connectivity index (χ3n) is 5.88. The zero-order valence-electron chi connectivity index (χ0n) is 16.5. The minimum atomic E-state index is -0.602. The maximum Gasteiger partial charge on any atom is 0.150 e. The zero-order chi connectivity index (χ0) is 20.0. The number of nitrogens with zero attached hydrogens (tertiary/aromatic N) is 3. The van der Waals surface area contributed by atoms with Crippen molar-refractivity contribution >= 4 is 23.1 Å². The Kier molecular flexibility index (Phi) is 4.76. The number of aliphatic hydroxyl groups is 1. The number of imidazole rings is 1. The number of benzene rings is 1. The Morgan fingerprint density at radius 1 is 1.24 bits per heavy atom. The minimum Gasteiger partial charge on any atom is -0.390 e. The SMILES string of the molecule is C[C@]1(O)C[C@@H](c2nc(-c3ccc(SC4CCCCO4)cc3)c3c(N)nccn32)C1. The minimum absolute atomic E-state index is 0.228. The Labute approximate surface area is 174 Å². The maximum absolute atomic E-state index is 10.2. The Balaban J connectivity index is 1.46. The van der Waals surface area contributed by atoms with Crippen molar-refractivity contribution in [1.29, 1.82) is 0 Å². The van der Waals surface area contributed by atoms with E-state index in [0.717, 1.165) is 42.0 Å². The molecule has 29 heavy (non-hydrogen) atoms. The van der Waals surface area contributed by atoms with Gasteiger partial charge in [0.25, 0.3) is 0 Å². The summed E-state index contributed by atoms with van der Waals surface area (Å²) in [5.74, 6) is 1.65. The first-order chi connectivity index (χ1) is 14.0. The smallest absolute Gasteiger partial charge is 0.150 e. The van der Waals surface area contributed by atoms with Crippen LogP contribution < -0.4 is 5.73 Å². The number of ether oxygens (including phenoxy) is 1. The van der Waals surface area contributed by atoms with Crippen LogP contribution in [0.5, 0.6) is 0 Å². The molecule has 3 N–H and O–H groups in total. The summed E-state index contributed by atoms with van der Waals surface area (Å²) in [6, 6.07) is 8.45. The molecule has 152 valence electrons. The first-order valence-electron chi connectivity index (χ1n) is 10.2. The maximum atomic E-state index is 10.2. The summed E-state index contributed by atoms with van der Waals surface area (Å²) in [6.07, 6.45) is 8.55. The Hall–Kier alpha value is -2.09. The second-order valence-corrected chi connectivity index (χ2v) is 9.62. The van der Waals surface area contributed by atoms with Crippen LogP contribution in [0.25, 0.3) is 16.8 Å². The summed E-state index contributed by atoms with van der Waals surface area (Å²) in [7, 11) is 0. The molecule has 7 heteroatoms. The first kappa shape index (κ1) is 18.9. The summed E-state index contributed by atoms with van der Waals surface area (Å²) in [4.78, 5) is 10.4. The molecule has 0 bridgehead atoms. The lowest BCUT2D eigenvalue weighted by Crippen LogP contribution is -2.40. The summed E-state index contributed by atoms with van der Waals surface area (Å²) in [5.41, 5.74) is 8.59. The second-order valence-electron chi connectivity index (χ2n) is 8.39. The molecule has 2 fully saturated rings. The molecule has 1 saturated heterocycles. The second kappa shape index (κ2) is 7.31. The van der Waals surface area contributed by atoms with Crippen molar-refractivity contribution in [2.75, 3.05) is 12.3 Å². The van der Waals surface area contributed by atoms with E-state index in [9.17, 15) is 5.11 Å². The van der Waals surface area contributed by atoms with Gasteiger partial charge in [0.05, 0.1) is 5.60 Å². The van der Waals surface area contributed by atoms with Gasteiger partial charge >= 0.3 is 0 Å². The fourth-order valence-electron chi connectivity index (χ4n) is 4.41. The van der Waals surface area contributed by atoms with Gasteiger partial charge in [-0.2, -0.15) is 0 Å². The highest BCUT2D eigenvalue weighted by molar-refractivity contribution is 7.99. The van der Waals surface area contributed by atoms with E-state index in [2.05, 4.69) is 29.2 Å². The van der Waals surface area contributed by atoms with Gasteiger partial charge in [-0.3, -0.25) is 4.40 Å². The number of hydrogen-bond donors (Lipinski definition) is 2. The van der Waals surface area contributed by atoms with Crippen molar-refractivity contribution in [3.8, 4) is 11.3 Å². The summed E-state index contributed by atoms with van der Waals surface area (Å²) < 4.78 is 7.88. The normalized spacial score (nSPS) is 27.1. The van der Waals surface area contributed by atoms with E-state index in [4.69, 9.17) is 15.5 Å². The van der Waals surface area contributed by atoms with Crippen molar-refractivity contribution in [1.82, 2.24) is 14.4 Å². The van der Waals surface area contributed by atoms with Gasteiger partial charge in [0.15, 0.2) is 0 Å². The quantitative estimate of drug-likeness (QED) is 0.670. The molecule has 2 aromatic heterocycles. The average Bonchev–Trinajstić information content (AvgIpc) is 3.08. The van der Waals surface area contributed by atoms with Crippen LogP contribution in [0, 0.1) is 0 Å². The van der Waals surface area contributed by atoms with Crippen molar-refractivity contribution in [2.24, 2.45) is 0 Å². The molecule has 3 aromatic rings. The molecule has 6 nitrogen and oxygen atoms in total. The van der Waals surface area contributed by atoms with Crippen LogP contribution in [0.1, 0.15) is 50.8 Å². The van der Waals surface area contributed by atoms with E-state index in [1.165, 1.54) is 11.3 Å². The summed E-state index contributed by atoms with van der Waals surface area (Å²) in [6.45, 7) is 2.74. The molecule has 1 saturated carbocycles.